The van der Waals surface area contributed by atoms with Crippen LogP contribution in [-0.4, -0.2) is 40.9 Å². The number of nitrogens with one attached hydrogen (secondary N) is 2. The van der Waals surface area contributed by atoms with Gasteiger partial charge >= 0.3 is 11.9 Å². The van der Waals surface area contributed by atoms with E-state index in [4.69, 9.17) is 4.74 Å². The van der Waals surface area contributed by atoms with Gasteiger partial charge in [-0.25, -0.2) is 9.59 Å². The first-order chi connectivity index (χ1) is 18.7. The number of carboxylic acid groups (broad SMARTS) is 2. The van der Waals surface area contributed by atoms with E-state index in [9.17, 15) is 29.4 Å². The maximum atomic E-state index is 13.0. The van der Waals surface area contributed by atoms with E-state index in [1.807, 2.05) is 31.3 Å². The van der Waals surface area contributed by atoms with Crippen molar-refractivity contribution in [1.29, 1.82) is 0 Å². The monoisotopic (exact) mass is 524 g/mol. The molecule has 0 aliphatic heterocycles. The smallest absolute Gasteiger partial charge is 0.336 e. The van der Waals surface area contributed by atoms with Crippen LogP contribution in [0.2, 0.25) is 0 Å². The largest absolute Gasteiger partial charge is 0.478 e. The Morgan fingerprint density at radius 1 is 0.615 bits per heavy atom. The van der Waals surface area contributed by atoms with Crippen molar-refractivity contribution in [3.8, 4) is 22.6 Å². The van der Waals surface area contributed by atoms with Gasteiger partial charge in [0.15, 0.2) is 5.78 Å². The van der Waals surface area contributed by atoms with Crippen molar-refractivity contribution in [3.63, 3.8) is 0 Å². The first kappa shape index (κ1) is 26.6. The van der Waals surface area contributed by atoms with Crippen LogP contribution in [0.4, 0.5) is 11.4 Å². The summed E-state index contributed by atoms with van der Waals surface area (Å²) in [6, 6.07) is 22.4. The van der Waals surface area contributed by atoms with Crippen LogP contribution in [0.1, 0.15) is 48.4 Å². The van der Waals surface area contributed by atoms with Gasteiger partial charge in [-0.05, 0) is 90.8 Å². The lowest BCUT2D eigenvalue weighted by atomic mass is 9.94. The van der Waals surface area contributed by atoms with Crippen LogP contribution in [0.15, 0.2) is 84.9 Å². The van der Waals surface area contributed by atoms with E-state index in [0.717, 1.165) is 5.69 Å². The van der Waals surface area contributed by atoms with Crippen LogP contribution in [0.25, 0.3) is 11.1 Å². The fourth-order valence-corrected chi connectivity index (χ4v) is 3.94. The standard InChI is InChI=1S/C30H24N2O7/c1-17(33)24-13-3-18(15-26(24)29(35)36)19-4-14-25(27(16-19)30(37)38)28(34)32-21-7-11-23(12-8-21)39-22-9-5-20(31-2)6-10-22/h3-16,31H,1-2H3,(H,32,34)(H,35,36)(H,37,38). The van der Waals surface area contributed by atoms with E-state index in [-0.39, 0.29) is 22.3 Å². The number of hydrogen-bond donors (Lipinski definition) is 4. The predicted octanol–water partition coefficient (Wildman–Crippen LogP) is 6.04. The second kappa shape index (κ2) is 11.3. The van der Waals surface area contributed by atoms with E-state index >= 15 is 0 Å². The Labute approximate surface area is 223 Å². The van der Waals surface area contributed by atoms with E-state index < -0.39 is 23.6 Å². The molecule has 0 aromatic heterocycles. The number of carbonyl (C=O) groups is 4. The number of hydrogen-bond acceptors (Lipinski definition) is 6. The summed E-state index contributed by atoms with van der Waals surface area (Å²) in [6.45, 7) is 1.26. The fraction of sp³-hybridized carbons (Fsp3) is 0.0667. The minimum Gasteiger partial charge on any atom is -0.478 e. The highest BCUT2D eigenvalue weighted by Gasteiger charge is 2.20. The first-order valence-electron chi connectivity index (χ1n) is 11.8. The Morgan fingerprint density at radius 3 is 1.54 bits per heavy atom. The Morgan fingerprint density at radius 2 is 1.08 bits per heavy atom. The molecular formula is C30H24N2O7. The normalized spacial score (nSPS) is 10.4. The van der Waals surface area contributed by atoms with Gasteiger partial charge in [0.2, 0.25) is 0 Å². The molecular weight excluding hydrogens is 500 g/mol. The highest BCUT2D eigenvalue weighted by atomic mass is 16.5. The second-order valence-electron chi connectivity index (χ2n) is 8.54. The van der Waals surface area contributed by atoms with E-state index in [1.54, 1.807) is 24.3 Å². The minimum absolute atomic E-state index is 0.0452. The number of ketones is 1. The molecule has 0 bridgehead atoms. The van der Waals surface area contributed by atoms with Crippen molar-refractivity contribution in [3.05, 3.63) is 107 Å². The molecule has 9 nitrogen and oxygen atoms in total. The summed E-state index contributed by atoms with van der Waals surface area (Å²) < 4.78 is 5.80. The van der Waals surface area contributed by atoms with Gasteiger partial charge < -0.3 is 25.6 Å². The number of anilines is 2. The minimum atomic E-state index is -1.33. The SMILES string of the molecule is CNc1ccc(Oc2ccc(NC(=O)c3ccc(-c4ccc(C(C)=O)c(C(=O)O)c4)cc3C(=O)O)cc2)cc1. The summed E-state index contributed by atoms with van der Waals surface area (Å²) in [5.74, 6) is -2.44. The molecule has 39 heavy (non-hydrogen) atoms. The van der Waals surface area contributed by atoms with Crippen LogP contribution < -0.4 is 15.4 Å². The zero-order valence-electron chi connectivity index (χ0n) is 21.0. The van der Waals surface area contributed by atoms with Gasteiger partial charge in [0.05, 0.1) is 16.7 Å². The number of ether oxygens (including phenoxy) is 1. The highest BCUT2D eigenvalue weighted by molar-refractivity contribution is 6.11. The van der Waals surface area contributed by atoms with Crippen LogP contribution >= 0.6 is 0 Å². The van der Waals surface area contributed by atoms with Gasteiger partial charge in [0.25, 0.3) is 5.91 Å². The first-order valence-corrected chi connectivity index (χ1v) is 11.8. The second-order valence-corrected chi connectivity index (χ2v) is 8.54. The summed E-state index contributed by atoms with van der Waals surface area (Å²) in [4.78, 5) is 48.3. The molecule has 4 N–H and O–H groups in total. The lowest BCUT2D eigenvalue weighted by Gasteiger charge is -2.12. The number of rotatable bonds is 9. The van der Waals surface area contributed by atoms with Gasteiger partial charge in [0, 0.05) is 24.0 Å². The van der Waals surface area contributed by atoms with Crippen LogP contribution in [0.3, 0.4) is 0 Å². The van der Waals surface area contributed by atoms with Crippen LogP contribution in [-0.2, 0) is 0 Å². The molecule has 1 amide bonds. The summed E-state index contributed by atoms with van der Waals surface area (Å²) in [6.07, 6.45) is 0. The van der Waals surface area contributed by atoms with Gasteiger partial charge in [-0.15, -0.1) is 0 Å². The summed E-state index contributed by atoms with van der Waals surface area (Å²) in [7, 11) is 1.82. The molecule has 4 aromatic rings. The zero-order valence-corrected chi connectivity index (χ0v) is 21.0. The third-order valence-corrected chi connectivity index (χ3v) is 5.95. The third-order valence-electron chi connectivity index (χ3n) is 5.95. The topological polar surface area (TPSA) is 142 Å². The Balaban J connectivity index is 1.54. The number of Topliss-reactive ketones (excluding diaryl/α,β-unsaturated/α-hetero) is 1. The number of benzene rings is 4. The predicted molar refractivity (Wildman–Crippen MR) is 146 cm³/mol. The summed E-state index contributed by atoms with van der Waals surface area (Å²) in [5.41, 5.74) is 1.67. The van der Waals surface area contributed by atoms with Crippen molar-refractivity contribution in [2.75, 3.05) is 17.7 Å². The number of amides is 1. The average molecular weight is 525 g/mol. The molecule has 0 saturated carbocycles. The van der Waals surface area contributed by atoms with Crippen LogP contribution in [0, 0.1) is 0 Å². The Hall–Kier alpha value is -5.44. The number of aromatic carboxylic acids is 2. The molecule has 0 unspecified atom stereocenters. The Bertz CT molecular complexity index is 1580. The lowest BCUT2D eigenvalue weighted by molar-refractivity contribution is 0.0683. The molecule has 0 radical (unpaired) electrons. The van der Waals surface area contributed by atoms with Gasteiger partial charge in [-0.1, -0.05) is 12.1 Å². The molecule has 0 saturated heterocycles. The maximum Gasteiger partial charge on any atom is 0.336 e. The van der Waals surface area contributed by atoms with Crippen molar-refractivity contribution < 1.29 is 34.1 Å². The molecule has 0 aliphatic carbocycles. The van der Waals surface area contributed by atoms with Crippen molar-refractivity contribution in [2.24, 2.45) is 0 Å². The number of carboxylic acids is 2. The van der Waals surface area contributed by atoms with Crippen molar-refractivity contribution >= 4 is 35.0 Å². The van der Waals surface area contributed by atoms with Gasteiger partial charge in [-0.3, -0.25) is 9.59 Å². The van der Waals surface area contributed by atoms with E-state index in [1.165, 1.54) is 43.3 Å². The van der Waals surface area contributed by atoms with Crippen molar-refractivity contribution in [2.45, 2.75) is 6.92 Å². The summed E-state index contributed by atoms with van der Waals surface area (Å²) >= 11 is 0. The van der Waals surface area contributed by atoms with E-state index in [0.29, 0.717) is 28.3 Å². The molecule has 0 aliphatic rings. The molecule has 0 atom stereocenters. The average Bonchev–Trinajstić information content (AvgIpc) is 2.93. The maximum absolute atomic E-state index is 13.0. The summed E-state index contributed by atoms with van der Waals surface area (Å²) in [5, 5.41) is 25.0. The molecule has 9 heteroatoms. The molecule has 0 fully saturated rings. The highest BCUT2D eigenvalue weighted by Crippen LogP contribution is 2.28. The molecule has 0 spiro atoms. The van der Waals surface area contributed by atoms with Crippen LogP contribution in [0.5, 0.6) is 11.5 Å². The van der Waals surface area contributed by atoms with E-state index in [2.05, 4.69) is 10.6 Å². The molecule has 4 aromatic carbocycles. The fourth-order valence-electron chi connectivity index (χ4n) is 3.94. The third kappa shape index (κ3) is 6.11. The molecule has 196 valence electrons. The zero-order chi connectivity index (χ0) is 28.1. The van der Waals surface area contributed by atoms with Gasteiger partial charge in [-0.2, -0.15) is 0 Å². The Kier molecular flexibility index (Phi) is 7.72. The number of carbonyl (C=O) groups excluding carboxylic acids is 2. The van der Waals surface area contributed by atoms with Crippen molar-refractivity contribution in [1.82, 2.24) is 0 Å². The quantitative estimate of drug-likeness (QED) is 0.194. The lowest BCUT2D eigenvalue weighted by Crippen LogP contribution is -2.16. The molecule has 0 heterocycles. The molecule has 4 rings (SSSR count). The van der Waals surface area contributed by atoms with Gasteiger partial charge in [0.1, 0.15) is 11.5 Å².